The number of carboxylic acids is 1. The minimum Gasteiger partial charge on any atom is -0.508 e. The van der Waals surface area contributed by atoms with E-state index in [1.807, 2.05) is 0 Å². The summed E-state index contributed by atoms with van der Waals surface area (Å²) in [4.78, 5) is 23.5. The number of carbonyl (C=O) groups is 2. The van der Waals surface area contributed by atoms with Crippen LogP contribution in [0.25, 0.3) is 0 Å². The summed E-state index contributed by atoms with van der Waals surface area (Å²) in [5, 5.41) is 27.8. The van der Waals surface area contributed by atoms with Crippen molar-refractivity contribution < 1.29 is 24.9 Å². The summed E-state index contributed by atoms with van der Waals surface area (Å²) in [5.41, 5.74) is 1.69. The fourth-order valence-corrected chi connectivity index (χ4v) is 2.49. The van der Waals surface area contributed by atoms with Crippen LogP contribution < -0.4 is 0 Å². The fraction of sp³-hybridized carbons (Fsp3) is 0.263. The van der Waals surface area contributed by atoms with E-state index in [-0.39, 0.29) is 36.5 Å². The molecule has 0 heterocycles. The molecule has 0 saturated carbocycles. The molecule has 0 amide bonds. The van der Waals surface area contributed by atoms with Gasteiger partial charge < -0.3 is 15.3 Å². The number of aryl methyl sites for hydroxylation is 1. The van der Waals surface area contributed by atoms with Gasteiger partial charge in [0.05, 0.1) is 5.92 Å². The van der Waals surface area contributed by atoms with E-state index in [1.165, 1.54) is 12.1 Å². The number of aliphatic carboxylic acids is 1. The molecule has 0 bridgehead atoms. The summed E-state index contributed by atoms with van der Waals surface area (Å²) in [7, 11) is 0. The topological polar surface area (TPSA) is 94.8 Å². The average Bonchev–Trinajstić information content (AvgIpc) is 2.55. The Hall–Kier alpha value is -2.82. The molecule has 0 spiro atoms. The van der Waals surface area contributed by atoms with Crippen LogP contribution in [0.2, 0.25) is 0 Å². The van der Waals surface area contributed by atoms with Crippen molar-refractivity contribution in [3.05, 3.63) is 59.7 Å². The van der Waals surface area contributed by atoms with Crippen LogP contribution in [0, 0.1) is 5.92 Å². The Balaban J connectivity index is 1.89. The molecule has 1 atom stereocenters. The second-order valence-corrected chi connectivity index (χ2v) is 5.81. The van der Waals surface area contributed by atoms with Gasteiger partial charge in [0.2, 0.25) is 0 Å². The van der Waals surface area contributed by atoms with Crippen LogP contribution in [0.4, 0.5) is 0 Å². The third-order valence-corrected chi connectivity index (χ3v) is 3.87. The van der Waals surface area contributed by atoms with Gasteiger partial charge in [-0.1, -0.05) is 24.3 Å². The number of rotatable bonds is 8. The van der Waals surface area contributed by atoms with Crippen molar-refractivity contribution in [1.82, 2.24) is 0 Å². The highest BCUT2D eigenvalue weighted by Gasteiger charge is 2.21. The normalized spacial score (nSPS) is 11.8. The highest BCUT2D eigenvalue weighted by atomic mass is 16.4. The smallest absolute Gasteiger partial charge is 0.307 e. The van der Waals surface area contributed by atoms with Gasteiger partial charge in [0.25, 0.3) is 0 Å². The van der Waals surface area contributed by atoms with Crippen LogP contribution in [-0.2, 0) is 22.4 Å². The predicted octanol–water partition coefficient (Wildman–Crippen LogP) is 2.93. The van der Waals surface area contributed by atoms with Crippen molar-refractivity contribution in [2.75, 3.05) is 0 Å². The number of carboxylic acid groups (broad SMARTS) is 1. The van der Waals surface area contributed by atoms with Crippen molar-refractivity contribution in [2.24, 2.45) is 5.92 Å². The van der Waals surface area contributed by atoms with Crippen LogP contribution in [0.5, 0.6) is 11.5 Å². The summed E-state index contributed by atoms with van der Waals surface area (Å²) in [6.07, 6.45) is 1.02. The van der Waals surface area contributed by atoms with Crippen LogP contribution in [-0.4, -0.2) is 27.1 Å². The fourth-order valence-electron chi connectivity index (χ4n) is 2.49. The van der Waals surface area contributed by atoms with Crippen molar-refractivity contribution in [1.29, 1.82) is 0 Å². The molecule has 2 rings (SSSR count). The van der Waals surface area contributed by atoms with Crippen molar-refractivity contribution in [3.8, 4) is 11.5 Å². The summed E-state index contributed by atoms with van der Waals surface area (Å²) >= 11 is 0. The highest BCUT2D eigenvalue weighted by molar-refractivity contribution is 5.84. The Morgan fingerprint density at radius 2 is 1.33 bits per heavy atom. The molecule has 3 N–H and O–H groups in total. The zero-order valence-electron chi connectivity index (χ0n) is 13.2. The molecule has 126 valence electrons. The monoisotopic (exact) mass is 328 g/mol. The first-order valence-corrected chi connectivity index (χ1v) is 7.74. The number of benzene rings is 2. The largest absolute Gasteiger partial charge is 0.508 e. The molecule has 5 nitrogen and oxygen atoms in total. The second-order valence-electron chi connectivity index (χ2n) is 5.81. The quantitative estimate of drug-likeness (QED) is 0.692. The number of phenols is 2. The van der Waals surface area contributed by atoms with Gasteiger partial charge in [0, 0.05) is 12.8 Å². The van der Waals surface area contributed by atoms with E-state index < -0.39 is 11.9 Å². The number of aromatic hydroxyl groups is 2. The van der Waals surface area contributed by atoms with Crippen LogP contribution in [0.1, 0.15) is 24.0 Å². The molecule has 0 aromatic heterocycles. The second kappa shape index (κ2) is 8.15. The maximum Gasteiger partial charge on any atom is 0.307 e. The first kappa shape index (κ1) is 17.5. The predicted molar refractivity (Wildman–Crippen MR) is 89.0 cm³/mol. The highest BCUT2D eigenvalue weighted by Crippen LogP contribution is 2.18. The van der Waals surface area contributed by atoms with Crippen LogP contribution in [0.3, 0.4) is 0 Å². The molecular weight excluding hydrogens is 308 g/mol. The van der Waals surface area contributed by atoms with E-state index in [2.05, 4.69) is 0 Å². The Morgan fingerprint density at radius 3 is 1.83 bits per heavy atom. The van der Waals surface area contributed by atoms with E-state index in [9.17, 15) is 24.9 Å². The Labute approximate surface area is 140 Å². The Kier molecular flexibility index (Phi) is 5.95. The molecule has 2 aromatic rings. The lowest BCUT2D eigenvalue weighted by Crippen LogP contribution is -2.20. The van der Waals surface area contributed by atoms with E-state index in [4.69, 9.17) is 0 Å². The zero-order chi connectivity index (χ0) is 17.5. The zero-order valence-corrected chi connectivity index (χ0v) is 13.2. The summed E-state index contributed by atoms with van der Waals surface area (Å²) in [6.45, 7) is 0. The molecule has 0 aliphatic carbocycles. The van der Waals surface area contributed by atoms with Gasteiger partial charge in [-0.05, 0) is 48.2 Å². The van der Waals surface area contributed by atoms with Gasteiger partial charge in [-0.15, -0.1) is 0 Å². The lowest BCUT2D eigenvalue weighted by Gasteiger charge is -2.12. The first-order chi connectivity index (χ1) is 11.4. The third-order valence-electron chi connectivity index (χ3n) is 3.87. The summed E-state index contributed by atoms with van der Waals surface area (Å²) in [6, 6.07) is 12.9. The van der Waals surface area contributed by atoms with E-state index in [0.717, 1.165) is 11.1 Å². The van der Waals surface area contributed by atoms with Crippen molar-refractivity contribution in [3.63, 3.8) is 0 Å². The summed E-state index contributed by atoms with van der Waals surface area (Å²) in [5.74, 6) is -1.59. The third kappa shape index (κ3) is 5.43. The molecule has 0 aliphatic heterocycles. The number of ketones is 1. The van der Waals surface area contributed by atoms with Gasteiger partial charge in [-0.2, -0.15) is 0 Å². The van der Waals surface area contributed by atoms with Gasteiger partial charge in [-0.3, -0.25) is 9.59 Å². The minimum absolute atomic E-state index is 0.0196. The average molecular weight is 328 g/mol. The molecule has 0 saturated heterocycles. The lowest BCUT2D eigenvalue weighted by atomic mass is 9.92. The molecule has 0 unspecified atom stereocenters. The summed E-state index contributed by atoms with van der Waals surface area (Å²) < 4.78 is 0. The molecule has 0 fully saturated rings. The van der Waals surface area contributed by atoms with Gasteiger partial charge >= 0.3 is 5.97 Å². The van der Waals surface area contributed by atoms with Crippen LogP contribution in [0.15, 0.2) is 48.5 Å². The molecule has 24 heavy (non-hydrogen) atoms. The van der Waals surface area contributed by atoms with Crippen molar-refractivity contribution in [2.45, 2.75) is 25.7 Å². The molecule has 2 aromatic carbocycles. The number of hydrogen-bond acceptors (Lipinski definition) is 4. The number of phenolic OH excluding ortho intramolecular Hbond substituents is 2. The van der Waals surface area contributed by atoms with E-state index in [1.54, 1.807) is 36.4 Å². The standard InChI is InChI=1S/C19H20O5/c20-16-6-1-13(2-7-16)3-10-18(22)12-15(19(23)24)11-14-4-8-17(21)9-5-14/h1-2,4-9,15,20-21H,3,10-12H2,(H,23,24)/t15-/m1/s1. The SMILES string of the molecule is O=C(CCc1ccc(O)cc1)C[C@@H](Cc1ccc(O)cc1)C(=O)O. The number of hydrogen-bond donors (Lipinski definition) is 3. The van der Waals surface area contributed by atoms with Gasteiger partial charge in [0.15, 0.2) is 0 Å². The van der Waals surface area contributed by atoms with E-state index in [0.29, 0.717) is 6.42 Å². The maximum absolute atomic E-state index is 12.1. The maximum atomic E-state index is 12.1. The van der Waals surface area contributed by atoms with Crippen molar-refractivity contribution >= 4 is 11.8 Å². The molecule has 5 heteroatoms. The first-order valence-electron chi connectivity index (χ1n) is 7.74. The Morgan fingerprint density at radius 1 is 0.833 bits per heavy atom. The molecule has 0 aliphatic rings. The van der Waals surface area contributed by atoms with E-state index >= 15 is 0 Å². The number of Topliss-reactive ketones (excluding diaryl/α,β-unsaturated/α-hetero) is 1. The Bertz CT molecular complexity index is 689. The minimum atomic E-state index is -0.999. The molecule has 0 radical (unpaired) electrons. The lowest BCUT2D eigenvalue weighted by molar-refractivity contribution is -0.143. The van der Waals surface area contributed by atoms with Gasteiger partial charge in [0.1, 0.15) is 17.3 Å². The van der Waals surface area contributed by atoms with Crippen LogP contribution >= 0.6 is 0 Å². The van der Waals surface area contributed by atoms with Gasteiger partial charge in [-0.25, -0.2) is 0 Å². The molecular formula is C19H20O5. The number of carbonyl (C=O) groups excluding carboxylic acids is 1.